The Morgan fingerprint density at radius 2 is 1.79 bits per heavy atom. The number of fused-ring (bicyclic) bond motifs is 4. The SMILES string of the molecule is O=C(C[C@@H]1Cc2cc(Cl)c3n[nH]nc3c2CN(CC(F)(F)F)C1=O)N1CCC(N2CCc3ccccc3NC2=O)CC1. The summed E-state index contributed by atoms with van der Waals surface area (Å²) in [5.74, 6) is -2.03. The Hall–Kier alpha value is -3.87. The zero-order valence-electron chi connectivity index (χ0n) is 22.6. The number of hydrogen-bond acceptors (Lipinski definition) is 5. The van der Waals surface area contributed by atoms with E-state index >= 15 is 0 Å². The molecule has 4 amide bonds. The number of carbonyl (C=O) groups excluding carboxylic acids is 3. The Balaban J connectivity index is 1.15. The first-order chi connectivity index (χ1) is 20.1. The largest absolute Gasteiger partial charge is 0.406 e. The number of aromatic amines is 1. The number of alkyl halides is 3. The lowest BCUT2D eigenvalue weighted by Crippen LogP contribution is -2.50. The van der Waals surface area contributed by atoms with E-state index in [0.717, 1.165) is 22.6 Å². The van der Waals surface area contributed by atoms with Crippen LogP contribution in [0.25, 0.3) is 11.0 Å². The number of carbonyl (C=O) groups is 3. The van der Waals surface area contributed by atoms with E-state index in [-0.39, 0.29) is 42.4 Å². The summed E-state index contributed by atoms with van der Waals surface area (Å²) < 4.78 is 40.5. The van der Waals surface area contributed by atoms with Crippen molar-refractivity contribution in [1.82, 2.24) is 30.1 Å². The first-order valence-electron chi connectivity index (χ1n) is 13.9. The van der Waals surface area contributed by atoms with Crippen LogP contribution < -0.4 is 5.32 Å². The normalized spacial score (nSPS) is 20.2. The zero-order chi connectivity index (χ0) is 29.6. The standard InChI is InChI=1S/C28H29ClF3N7O3/c29-21-12-17-11-18(26(41)38(15-28(30,31)32)14-20(17)24-25(21)35-36-34-24)13-23(40)37-8-6-19(7-9-37)39-10-5-16-3-1-2-4-22(16)33-27(39)42/h1-4,12,18-19H,5-11,13-15H2,(H,33,42)(H,34,35,36)/t18-/m0/s1. The molecule has 6 rings (SSSR count). The van der Waals surface area contributed by atoms with Crippen molar-refractivity contribution in [3.05, 3.63) is 52.0 Å². The van der Waals surface area contributed by atoms with Crippen molar-refractivity contribution in [3.63, 3.8) is 0 Å². The molecule has 4 heterocycles. The fourth-order valence-electron chi connectivity index (χ4n) is 6.32. The van der Waals surface area contributed by atoms with Gasteiger partial charge in [0.1, 0.15) is 17.6 Å². The van der Waals surface area contributed by atoms with Crippen LogP contribution in [0.5, 0.6) is 0 Å². The third-order valence-corrected chi connectivity index (χ3v) is 8.70. The molecule has 0 saturated carbocycles. The Kier molecular flexibility index (Phi) is 7.46. The number of anilines is 1. The summed E-state index contributed by atoms with van der Waals surface area (Å²) in [6, 6.07) is 9.06. The van der Waals surface area contributed by atoms with Crippen LogP contribution in [0, 0.1) is 5.92 Å². The fourth-order valence-corrected chi connectivity index (χ4v) is 6.58. The molecule has 1 atom stereocenters. The molecule has 10 nitrogen and oxygen atoms in total. The third-order valence-electron chi connectivity index (χ3n) is 8.42. The lowest BCUT2D eigenvalue weighted by atomic mass is 9.92. The Morgan fingerprint density at radius 1 is 1.05 bits per heavy atom. The number of para-hydroxylation sites is 1. The van der Waals surface area contributed by atoms with Gasteiger partial charge in [0.25, 0.3) is 0 Å². The zero-order valence-corrected chi connectivity index (χ0v) is 23.3. The maximum Gasteiger partial charge on any atom is 0.406 e. The second kappa shape index (κ2) is 11.1. The minimum absolute atomic E-state index is 0.0518. The first kappa shape index (κ1) is 28.3. The van der Waals surface area contributed by atoms with E-state index in [4.69, 9.17) is 11.6 Å². The summed E-state index contributed by atoms with van der Waals surface area (Å²) in [4.78, 5) is 44.0. The van der Waals surface area contributed by atoms with Gasteiger partial charge < -0.3 is 20.0 Å². The summed E-state index contributed by atoms with van der Waals surface area (Å²) in [5, 5.41) is 13.7. The number of nitrogens with one attached hydrogen (secondary N) is 2. The molecule has 2 aromatic carbocycles. The number of halogens is 4. The molecular formula is C28H29ClF3N7O3. The second-order valence-corrected chi connectivity index (χ2v) is 11.5. The number of benzene rings is 2. The highest BCUT2D eigenvalue weighted by atomic mass is 35.5. The molecule has 222 valence electrons. The molecule has 1 fully saturated rings. The van der Waals surface area contributed by atoms with Crippen LogP contribution in [0.2, 0.25) is 5.02 Å². The quantitative estimate of drug-likeness (QED) is 0.465. The fraction of sp³-hybridized carbons (Fsp3) is 0.464. The molecule has 14 heteroatoms. The van der Waals surface area contributed by atoms with E-state index in [2.05, 4.69) is 20.7 Å². The van der Waals surface area contributed by atoms with Crippen molar-refractivity contribution in [1.29, 1.82) is 0 Å². The summed E-state index contributed by atoms with van der Waals surface area (Å²) in [7, 11) is 0. The summed E-state index contributed by atoms with van der Waals surface area (Å²) >= 11 is 6.36. The smallest absolute Gasteiger partial charge is 0.343 e. The molecule has 1 aromatic heterocycles. The molecule has 3 aromatic rings. The first-order valence-corrected chi connectivity index (χ1v) is 14.2. The number of aromatic nitrogens is 3. The van der Waals surface area contributed by atoms with Crippen LogP contribution >= 0.6 is 11.6 Å². The van der Waals surface area contributed by atoms with Crippen molar-refractivity contribution in [2.75, 3.05) is 31.5 Å². The monoisotopic (exact) mass is 603 g/mol. The maximum absolute atomic E-state index is 13.5. The topological polar surface area (TPSA) is 115 Å². The predicted molar refractivity (Wildman–Crippen MR) is 148 cm³/mol. The highest BCUT2D eigenvalue weighted by Crippen LogP contribution is 2.35. The summed E-state index contributed by atoms with van der Waals surface area (Å²) in [6.45, 7) is -0.421. The van der Waals surface area contributed by atoms with Crippen LogP contribution in [0.1, 0.15) is 36.0 Å². The van der Waals surface area contributed by atoms with Crippen LogP contribution in [-0.4, -0.2) is 86.4 Å². The van der Waals surface area contributed by atoms with Gasteiger partial charge in [-0.3, -0.25) is 9.59 Å². The van der Waals surface area contributed by atoms with E-state index in [1.54, 1.807) is 11.0 Å². The van der Waals surface area contributed by atoms with E-state index < -0.39 is 24.5 Å². The number of urea groups is 1. The number of piperidine rings is 1. The molecule has 42 heavy (non-hydrogen) atoms. The Morgan fingerprint density at radius 3 is 2.55 bits per heavy atom. The summed E-state index contributed by atoms with van der Waals surface area (Å²) in [5.41, 5.74) is 3.51. The lowest BCUT2D eigenvalue weighted by molar-refractivity contribution is -0.165. The van der Waals surface area contributed by atoms with Gasteiger partial charge in [0.05, 0.1) is 10.9 Å². The molecule has 0 aliphatic carbocycles. The Bertz CT molecular complexity index is 1540. The van der Waals surface area contributed by atoms with E-state index in [9.17, 15) is 27.6 Å². The highest BCUT2D eigenvalue weighted by Gasteiger charge is 2.40. The van der Waals surface area contributed by atoms with Gasteiger partial charge in [-0.1, -0.05) is 29.8 Å². The van der Waals surface area contributed by atoms with Crippen LogP contribution in [0.15, 0.2) is 30.3 Å². The van der Waals surface area contributed by atoms with E-state index in [1.165, 1.54) is 0 Å². The van der Waals surface area contributed by atoms with Gasteiger partial charge in [-0.05, 0) is 48.9 Å². The molecule has 3 aliphatic rings. The molecule has 0 bridgehead atoms. The van der Waals surface area contributed by atoms with Crippen molar-refractivity contribution in [2.45, 2.75) is 50.9 Å². The Labute approximate surface area is 244 Å². The van der Waals surface area contributed by atoms with Gasteiger partial charge in [0.2, 0.25) is 11.8 Å². The van der Waals surface area contributed by atoms with Gasteiger partial charge in [0, 0.05) is 49.9 Å². The van der Waals surface area contributed by atoms with Gasteiger partial charge in [0.15, 0.2) is 0 Å². The highest BCUT2D eigenvalue weighted by molar-refractivity contribution is 6.35. The number of likely N-dealkylation sites (tertiary alicyclic amines) is 1. The molecule has 0 radical (unpaired) electrons. The molecule has 0 spiro atoms. The van der Waals surface area contributed by atoms with Crippen LogP contribution in [-0.2, 0) is 29.0 Å². The van der Waals surface area contributed by atoms with Gasteiger partial charge in [-0.15, -0.1) is 0 Å². The van der Waals surface area contributed by atoms with E-state index in [0.29, 0.717) is 54.6 Å². The molecule has 3 aliphatic heterocycles. The van der Waals surface area contributed by atoms with Crippen LogP contribution in [0.4, 0.5) is 23.7 Å². The van der Waals surface area contributed by atoms with Crippen molar-refractivity contribution in [3.8, 4) is 0 Å². The summed E-state index contributed by atoms with van der Waals surface area (Å²) in [6.07, 6.45) is -2.94. The second-order valence-electron chi connectivity index (χ2n) is 11.1. The van der Waals surface area contributed by atoms with Gasteiger partial charge in [-0.25, -0.2) is 4.79 Å². The predicted octanol–water partition coefficient (Wildman–Crippen LogP) is 4.15. The number of nitrogens with zero attached hydrogens (tertiary/aromatic N) is 5. The molecule has 1 saturated heterocycles. The van der Waals surface area contributed by atoms with Crippen molar-refractivity contribution < 1.29 is 27.6 Å². The van der Waals surface area contributed by atoms with E-state index in [1.807, 2.05) is 29.2 Å². The maximum atomic E-state index is 13.5. The average molecular weight is 604 g/mol. The minimum atomic E-state index is -4.62. The number of amides is 4. The third kappa shape index (κ3) is 5.61. The number of H-pyrrole nitrogens is 1. The molecule has 0 unspecified atom stereocenters. The average Bonchev–Trinajstić information content (AvgIpc) is 3.34. The molecule has 2 N–H and O–H groups in total. The van der Waals surface area contributed by atoms with Gasteiger partial charge in [-0.2, -0.15) is 28.6 Å². The van der Waals surface area contributed by atoms with Crippen LogP contribution in [0.3, 0.4) is 0 Å². The number of hydrogen-bond donors (Lipinski definition) is 2. The lowest BCUT2D eigenvalue weighted by Gasteiger charge is -2.38. The van der Waals surface area contributed by atoms with Crippen molar-refractivity contribution in [2.24, 2.45) is 5.92 Å². The van der Waals surface area contributed by atoms with Gasteiger partial charge >= 0.3 is 12.2 Å². The van der Waals surface area contributed by atoms with Crippen molar-refractivity contribution >= 4 is 46.2 Å². The molecular weight excluding hydrogens is 575 g/mol. The minimum Gasteiger partial charge on any atom is -0.343 e. The number of rotatable bonds is 4.